The van der Waals surface area contributed by atoms with Crippen molar-refractivity contribution in [3.8, 4) is 5.75 Å². The number of carbonyl (C=O) groups excluding carboxylic acids is 1. The Morgan fingerprint density at radius 3 is 2.48 bits per heavy atom. The number of primary amides is 1. The van der Waals surface area contributed by atoms with Gasteiger partial charge < -0.3 is 10.8 Å². The summed E-state index contributed by atoms with van der Waals surface area (Å²) in [5.74, 6) is -0.439. The molecule has 0 spiro atoms. The first-order chi connectivity index (χ1) is 14.1. The summed E-state index contributed by atoms with van der Waals surface area (Å²) in [5, 5.41) is 26.5. The zero-order chi connectivity index (χ0) is 20.0. The number of hydrogen-bond donors (Lipinski definition) is 2. The highest BCUT2D eigenvalue weighted by Gasteiger charge is 2.11. The van der Waals surface area contributed by atoms with Gasteiger partial charge >= 0.3 is 0 Å². The molecule has 3 aromatic carbocycles. The second-order valence-corrected chi connectivity index (χ2v) is 6.37. The zero-order valence-electron chi connectivity index (χ0n) is 14.9. The van der Waals surface area contributed by atoms with Gasteiger partial charge in [0.2, 0.25) is 0 Å². The van der Waals surface area contributed by atoms with Crippen LogP contribution in [0.5, 0.6) is 5.75 Å². The van der Waals surface area contributed by atoms with Crippen molar-refractivity contribution in [2.75, 3.05) is 0 Å². The highest BCUT2D eigenvalue weighted by atomic mass is 16.3. The van der Waals surface area contributed by atoms with Gasteiger partial charge in [-0.1, -0.05) is 12.1 Å². The fourth-order valence-electron chi connectivity index (χ4n) is 3.15. The Kier molecular flexibility index (Phi) is 3.66. The maximum Gasteiger partial charge on any atom is 0.255 e. The molecule has 0 radical (unpaired) electrons. The predicted molar refractivity (Wildman–Crippen MR) is 107 cm³/mol. The quantitative estimate of drug-likeness (QED) is 0.459. The first-order valence-electron chi connectivity index (χ1n) is 8.68. The van der Waals surface area contributed by atoms with Crippen LogP contribution < -0.4 is 5.73 Å². The van der Waals surface area contributed by atoms with Gasteiger partial charge in [-0.05, 0) is 48.5 Å². The monoisotopic (exact) mass is 383 g/mol. The molecule has 3 N–H and O–H groups in total. The van der Waals surface area contributed by atoms with Crippen molar-refractivity contribution in [1.29, 1.82) is 0 Å². The number of amides is 1. The normalized spacial score (nSPS) is 11.7. The van der Waals surface area contributed by atoms with Gasteiger partial charge in [-0.2, -0.15) is 10.2 Å². The van der Waals surface area contributed by atoms with Gasteiger partial charge in [0.1, 0.15) is 11.3 Å². The van der Waals surface area contributed by atoms with Crippen molar-refractivity contribution in [2.24, 2.45) is 16.0 Å². The third kappa shape index (κ3) is 2.81. The molecule has 2 aromatic heterocycles. The summed E-state index contributed by atoms with van der Waals surface area (Å²) in [6.45, 7) is 0. The standard InChI is InChI=1S/C20H13N7O2/c21-19(29)13-9-11(6-8-18(13)28)23-24-12-5-7-15-17(10-12)27-16-4-2-1-3-14(16)22-20(27)26-25-15/h1-10,28H,(H2,21,29). The smallest absolute Gasteiger partial charge is 0.255 e. The summed E-state index contributed by atoms with van der Waals surface area (Å²) in [7, 11) is 0. The molecule has 0 saturated heterocycles. The lowest BCUT2D eigenvalue weighted by Crippen LogP contribution is -2.10. The van der Waals surface area contributed by atoms with E-state index >= 15 is 0 Å². The number of azo groups is 1. The van der Waals surface area contributed by atoms with Gasteiger partial charge in [0, 0.05) is 0 Å². The van der Waals surface area contributed by atoms with Crippen LogP contribution in [-0.2, 0) is 0 Å². The number of fused-ring (bicyclic) bond motifs is 5. The van der Waals surface area contributed by atoms with E-state index in [1.165, 1.54) is 12.1 Å². The zero-order valence-corrected chi connectivity index (χ0v) is 14.9. The average Bonchev–Trinajstić information content (AvgIpc) is 3.12. The molecule has 5 rings (SSSR count). The third-order valence-electron chi connectivity index (χ3n) is 4.52. The molecule has 2 heterocycles. The van der Waals surface area contributed by atoms with Gasteiger partial charge in [0.25, 0.3) is 11.7 Å². The van der Waals surface area contributed by atoms with Crippen molar-refractivity contribution in [2.45, 2.75) is 0 Å². The maximum atomic E-state index is 11.4. The molecule has 0 fully saturated rings. The molecule has 140 valence electrons. The van der Waals surface area contributed by atoms with Crippen LogP contribution in [0.1, 0.15) is 10.4 Å². The number of aromatic hydroxyl groups is 1. The molecule has 0 aliphatic carbocycles. The molecule has 9 heteroatoms. The molecule has 0 atom stereocenters. The molecule has 1 amide bonds. The molecule has 29 heavy (non-hydrogen) atoms. The number of phenols is 1. The summed E-state index contributed by atoms with van der Waals surface area (Å²) in [6.07, 6.45) is 0. The van der Waals surface area contributed by atoms with Crippen LogP contribution >= 0.6 is 0 Å². The third-order valence-corrected chi connectivity index (χ3v) is 4.52. The van der Waals surface area contributed by atoms with Gasteiger partial charge in [0.05, 0.1) is 33.5 Å². The molecule has 5 aromatic rings. The number of nitrogens with zero attached hydrogens (tertiary/aromatic N) is 6. The molecule has 9 nitrogen and oxygen atoms in total. The van der Waals surface area contributed by atoms with Crippen LogP contribution in [0.25, 0.3) is 27.8 Å². The predicted octanol–water partition coefficient (Wildman–Crippen LogP) is 3.65. The topological polar surface area (TPSA) is 131 Å². The van der Waals surface area contributed by atoms with E-state index in [2.05, 4.69) is 25.4 Å². The van der Waals surface area contributed by atoms with Gasteiger partial charge in [-0.3, -0.25) is 9.20 Å². The van der Waals surface area contributed by atoms with Crippen molar-refractivity contribution in [1.82, 2.24) is 19.6 Å². The largest absolute Gasteiger partial charge is 0.507 e. The number of benzene rings is 3. The first-order valence-corrected chi connectivity index (χ1v) is 8.68. The van der Waals surface area contributed by atoms with Crippen LogP contribution in [0.3, 0.4) is 0 Å². The Labute approximate surface area is 163 Å². The number of rotatable bonds is 3. The Hall–Kier alpha value is -4.40. The van der Waals surface area contributed by atoms with Gasteiger partial charge in [0.15, 0.2) is 0 Å². The maximum absolute atomic E-state index is 11.4. The van der Waals surface area contributed by atoms with E-state index < -0.39 is 5.91 Å². The van der Waals surface area contributed by atoms with Crippen molar-refractivity contribution in [3.63, 3.8) is 0 Å². The van der Waals surface area contributed by atoms with E-state index in [-0.39, 0.29) is 11.3 Å². The Balaban J connectivity index is 1.63. The summed E-state index contributed by atoms with van der Waals surface area (Å²) in [5.41, 5.74) is 9.44. The fraction of sp³-hybridized carbons (Fsp3) is 0. The minimum atomic E-state index is -0.738. The molecule has 0 bridgehead atoms. The van der Waals surface area contributed by atoms with Crippen molar-refractivity contribution >= 4 is 45.1 Å². The average molecular weight is 383 g/mol. The fourth-order valence-corrected chi connectivity index (χ4v) is 3.15. The Bertz CT molecular complexity index is 1460. The Morgan fingerprint density at radius 1 is 0.897 bits per heavy atom. The van der Waals surface area contributed by atoms with Crippen LogP contribution in [0, 0.1) is 0 Å². The number of carbonyl (C=O) groups is 1. The highest BCUT2D eigenvalue weighted by molar-refractivity contribution is 5.96. The van der Waals surface area contributed by atoms with E-state index in [0.29, 0.717) is 22.7 Å². The number of hydrogen-bond acceptors (Lipinski definition) is 7. The highest BCUT2D eigenvalue weighted by Crippen LogP contribution is 2.27. The summed E-state index contributed by atoms with van der Waals surface area (Å²) in [4.78, 5) is 15.9. The number of aromatic nitrogens is 4. The lowest BCUT2D eigenvalue weighted by molar-refractivity contribution is 0.0998. The first kappa shape index (κ1) is 16.8. The summed E-state index contributed by atoms with van der Waals surface area (Å²) in [6, 6.07) is 17.4. The van der Waals surface area contributed by atoms with E-state index in [4.69, 9.17) is 5.73 Å². The number of para-hydroxylation sites is 2. The van der Waals surface area contributed by atoms with Crippen molar-refractivity contribution in [3.05, 3.63) is 66.2 Å². The minimum absolute atomic E-state index is 0.0122. The van der Waals surface area contributed by atoms with Crippen LogP contribution in [-0.4, -0.2) is 30.6 Å². The SMILES string of the molecule is NC(=O)c1cc(N=Nc2ccc3nnc4nc5ccccc5n4c3c2)ccc1O. The van der Waals surface area contributed by atoms with E-state index in [0.717, 1.165) is 16.6 Å². The molecular weight excluding hydrogens is 370 g/mol. The number of imidazole rings is 1. The van der Waals surface area contributed by atoms with Crippen LogP contribution in [0.15, 0.2) is 70.9 Å². The van der Waals surface area contributed by atoms with Gasteiger partial charge in [-0.15, -0.1) is 10.2 Å². The van der Waals surface area contributed by atoms with E-state index in [1.807, 2.05) is 34.7 Å². The number of nitrogens with two attached hydrogens (primary N) is 1. The lowest BCUT2D eigenvalue weighted by Gasteiger charge is -2.03. The second kappa shape index (κ2) is 6.34. The summed E-state index contributed by atoms with van der Waals surface area (Å²) < 4.78 is 1.92. The lowest BCUT2D eigenvalue weighted by atomic mass is 10.2. The van der Waals surface area contributed by atoms with Crippen LogP contribution in [0.2, 0.25) is 0 Å². The molecule has 0 saturated carbocycles. The molecule has 0 aliphatic heterocycles. The van der Waals surface area contributed by atoms with E-state index in [1.54, 1.807) is 18.2 Å². The molecule has 0 aliphatic rings. The molecule has 0 unspecified atom stereocenters. The Morgan fingerprint density at radius 2 is 1.66 bits per heavy atom. The molecular formula is C20H13N7O2. The van der Waals surface area contributed by atoms with Gasteiger partial charge in [-0.25, -0.2) is 4.98 Å². The summed E-state index contributed by atoms with van der Waals surface area (Å²) >= 11 is 0. The van der Waals surface area contributed by atoms with Crippen LogP contribution in [0.4, 0.5) is 11.4 Å². The van der Waals surface area contributed by atoms with Crippen molar-refractivity contribution < 1.29 is 9.90 Å². The van der Waals surface area contributed by atoms with E-state index in [9.17, 15) is 9.90 Å². The minimum Gasteiger partial charge on any atom is -0.507 e. The second-order valence-electron chi connectivity index (χ2n) is 6.37.